The monoisotopic (exact) mass is 234 g/mol. The molecule has 0 bridgehead atoms. The van der Waals surface area contributed by atoms with Crippen molar-refractivity contribution in [1.29, 1.82) is 0 Å². The molecule has 0 spiro atoms. The summed E-state index contributed by atoms with van der Waals surface area (Å²) in [5.74, 6) is 0.0996. The molecule has 0 atom stereocenters. The molecule has 92 valence electrons. The lowest BCUT2D eigenvalue weighted by Gasteiger charge is -2.20. The van der Waals surface area contributed by atoms with Crippen LogP contribution in [0.5, 0.6) is 0 Å². The lowest BCUT2D eigenvalue weighted by Crippen LogP contribution is -2.13. The summed E-state index contributed by atoms with van der Waals surface area (Å²) in [7, 11) is 0. The molecule has 1 aliphatic carbocycles. The molecule has 0 aliphatic heterocycles. The van der Waals surface area contributed by atoms with Gasteiger partial charge in [-0.15, -0.1) is 0 Å². The Labute approximate surface area is 102 Å². The van der Waals surface area contributed by atoms with Crippen LogP contribution in [0.1, 0.15) is 54.4 Å². The Morgan fingerprint density at radius 3 is 2.71 bits per heavy atom. The highest BCUT2D eigenvalue weighted by molar-refractivity contribution is 5.96. The van der Waals surface area contributed by atoms with Crippen molar-refractivity contribution in [2.75, 3.05) is 0 Å². The largest absolute Gasteiger partial charge is 0.294 e. The van der Waals surface area contributed by atoms with E-state index in [9.17, 15) is 9.18 Å². The fourth-order valence-corrected chi connectivity index (χ4v) is 2.63. The van der Waals surface area contributed by atoms with Crippen molar-refractivity contribution < 1.29 is 9.18 Å². The van der Waals surface area contributed by atoms with E-state index in [1.807, 2.05) is 0 Å². The molecule has 1 aliphatic rings. The number of hydrogen-bond acceptors (Lipinski definition) is 1. The van der Waals surface area contributed by atoms with Crippen molar-refractivity contribution in [1.82, 2.24) is 0 Å². The highest BCUT2D eigenvalue weighted by Crippen LogP contribution is 2.28. The molecule has 1 aromatic rings. The molecule has 1 saturated carbocycles. The van der Waals surface area contributed by atoms with Crippen molar-refractivity contribution in [3.63, 3.8) is 0 Å². The van der Waals surface area contributed by atoms with Crippen LogP contribution in [0.25, 0.3) is 0 Å². The zero-order valence-corrected chi connectivity index (χ0v) is 10.3. The summed E-state index contributed by atoms with van der Waals surface area (Å²) in [4.78, 5) is 12.0. The number of hydrogen-bond donors (Lipinski definition) is 0. The van der Waals surface area contributed by atoms with Crippen LogP contribution >= 0.6 is 0 Å². The Morgan fingerprint density at radius 1 is 1.29 bits per heavy atom. The normalized spacial score (nSPS) is 17.1. The lowest BCUT2D eigenvalue weighted by molar-refractivity contribution is 0.0946. The van der Waals surface area contributed by atoms with Gasteiger partial charge in [0.25, 0.3) is 0 Å². The fraction of sp³-hybridized carbons (Fsp3) is 0.533. The average Bonchev–Trinajstić information content (AvgIpc) is 2.34. The van der Waals surface area contributed by atoms with Crippen LogP contribution in [0.4, 0.5) is 4.39 Å². The third-order valence-corrected chi connectivity index (χ3v) is 3.69. The maximum Gasteiger partial charge on any atom is 0.166 e. The minimum atomic E-state index is -0.340. The smallest absolute Gasteiger partial charge is 0.166 e. The second-order valence-corrected chi connectivity index (χ2v) is 5.07. The summed E-state index contributed by atoms with van der Waals surface area (Å²) in [6, 6.07) is 5.06. The van der Waals surface area contributed by atoms with E-state index in [0.717, 1.165) is 12.8 Å². The summed E-state index contributed by atoms with van der Waals surface area (Å²) in [6.45, 7) is 1.70. The van der Waals surface area contributed by atoms with Gasteiger partial charge in [0, 0.05) is 6.42 Å². The molecule has 2 rings (SSSR count). The lowest BCUT2D eigenvalue weighted by atomic mass is 9.84. The van der Waals surface area contributed by atoms with Gasteiger partial charge < -0.3 is 0 Å². The van der Waals surface area contributed by atoms with Crippen molar-refractivity contribution >= 4 is 5.78 Å². The second-order valence-electron chi connectivity index (χ2n) is 5.07. The number of aryl methyl sites for hydroxylation is 1. The van der Waals surface area contributed by atoms with E-state index in [0.29, 0.717) is 17.9 Å². The molecule has 0 amide bonds. The van der Waals surface area contributed by atoms with E-state index in [1.54, 1.807) is 25.1 Å². The van der Waals surface area contributed by atoms with E-state index in [2.05, 4.69) is 0 Å². The minimum absolute atomic E-state index is 0.0295. The Morgan fingerprint density at radius 2 is 2.00 bits per heavy atom. The Hall–Kier alpha value is -1.18. The molecule has 0 N–H and O–H groups in total. The average molecular weight is 234 g/mol. The summed E-state index contributed by atoms with van der Waals surface area (Å²) in [5, 5.41) is 0. The van der Waals surface area contributed by atoms with Gasteiger partial charge in [-0.3, -0.25) is 4.79 Å². The Kier molecular flexibility index (Phi) is 3.93. The number of benzene rings is 1. The quantitative estimate of drug-likeness (QED) is 0.713. The van der Waals surface area contributed by atoms with Crippen LogP contribution in [0.15, 0.2) is 18.2 Å². The predicted octanol–water partition coefficient (Wildman–Crippen LogP) is 4.29. The minimum Gasteiger partial charge on any atom is -0.294 e. The standard InChI is InChI=1S/C15H19FO/c1-11-6-5-9-13(15(11)16)14(17)10-12-7-3-2-4-8-12/h5-6,9,12H,2-4,7-8,10H2,1H3. The number of carbonyl (C=O) groups is 1. The second kappa shape index (κ2) is 5.44. The molecule has 0 saturated heterocycles. The Bertz CT molecular complexity index is 405. The first-order valence-electron chi connectivity index (χ1n) is 6.47. The van der Waals surface area contributed by atoms with Crippen molar-refractivity contribution in [2.45, 2.75) is 45.4 Å². The molecular formula is C15H19FO. The number of halogens is 1. The van der Waals surface area contributed by atoms with E-state index >= 15 is 0 Å². The molecular weight excluding hydrogens is 215 g/mol. The topological polar surface area (TPSA) is 17.1 Å². The van der Waals surface area contributed by atoms with Crippen LogP contribution in [-0.2, 0) is 0 Å². The molecule has 1 nitrogen and oxygen atoms in total. The number of carbonyl (C=O) groups excluding carboxylic acids is 1. The molecule has 0 unspecified atom stereocenters. The molecule has 17 heavy (non-hydrogen) atoms. The van der Waals surface area contributed by atoms with E-state index in [1.165, 1.54) is 19.3 Å². The van der Waals surface area contributed by atoms with Crippen LogP contribution in [-0.4, -0.2) is 5.78 Å². The van der Waals surface area contributed by atoms with E-state index < -0.39 is 0 Å². The summed E-state index contributed by atoms with van der Waals surface area (Å²) in [5.41, 5.74) is 0.829. The molecule has 1 fully saturated rings. The maximum atomic E-state index is 13.8. The van der Waals surface area contributed by atoms with Gasteiger partial charge in [0.1, 0.15) is 5.82 Å². The van der Waals surface area contributed by atoms with Crippen molar-refractivity contribution in [3.8, 4) is 0 Å². The maximum absolute atomic E-state index is 13.8. The van der Waals surface area contributed by atoms with Gasteiger partial charge in [0.15, 0.2) is 5.78 Å². The number of rotatable bonds is 3. The zero-order chi connectivity index (χ0) is 12.3. The highest BCUT2D eigenvalue weighted by atomic mass is 19.1. The molecule has 2 heteroatoms. The summed E-state index contributed by atoms with van der Waals surface area (Å²) < 4.78 is 13.8. The number of Topliss-reactive ketones (excluding diaryl/α,β-unsaturated/α-hetero) is 1. The van der Waals surface area contributed by atoms with Crippen LogP contribution in [0.3, 0.4) is 0 Å². The predicted molar refractivity (Wildman–Crippen MR) is 66.7 cm³/mol. The van der Waals surface area contributed by atoms with Crippen LogP contribution in [0, 0.1) is 18.7 Å². The van der Waals surface area contributed by atoms with Crippen LogP contribution < -0.4 is 0 Å². The fourth-order valence-electron chi connectivity index (χ4n) is 2.63. The molecule has 1 aromatic carbocycles. The van der Waals surface area contributed by atoms with E-state index in [-0.39, 0.29) is 17.2 Å². The van der Waals surface area contributed by atoms with Gasteiger partial charge in [-0.25, -0.2) is 4.39 Å². The van der Waals surface area contributed by atoms with Crippen molar-refractivity contribution in [2.24, 2.45) is 5.92 Å². The van der Waals surface area contributed by atoms with Gasteiger partial charge in [-0.05, 0) is 24.5 Å². The van der Waals surface area contributed by atoms with Gasteiger partial charge in [0.2, 0.25) is 0 Å². The van der Waals surface area contributed by atoms with Gasteiger partial charge in [-0.2, -0.15) is 0 Å². The first kappa shape index (κ1) is 12.3. The third kappa shape index (κ3) is 2.93. The molecule has 0 radical (unpaired) electrons. The van der Waals surface area contributed by atoms with Crippen LogP contribution in [0.2, 0.25) is 0 Å². The van der Waals surface area contributed by atoms with Gasteiger partial charge in [0.05, 0.1) is 5.56 Å². The van der Waals surface area contributed by atoms with Gasteiger partial charge >= 0.3 is 0 Å². The number of ketones is 1. The summed E-state index contributed by atoms with van der Waals surface area (Å²) in [6.07, 6.45) is 6.48. The van der Waals surface area contributed by atoms with Crippen molar-refractivity contribution in [3.05, 3.63) is 35.1 Å². The molecule has 0 aromatic heterocycles. The first-order chi connectivity index (χ1) is 8.18. The zero-order valence-electron chi connectivity index (χ0n) is 10.3. The highest BCUT2D eigenvalue weighted by Gasteiger charge is 2.20. The Balaban J connectivity index is 2.06. The molecule has 0 heterocycles. The first-order valence-corrected chi connectivity index (χ1v) is 6.47. The van der Waals surface area contributed by atoms with E-state index in [4.69, 9.17) is 0 Å². The third-order valence-electron chi connectivity index (χ3n) is 3.69. The summed E-state index contributed by atoms with van der Waals surface area (Å²) >= 11 is 0. The van der Waals surface area contributed by atoms with Gasteiger partial charge in [-0.1, -0.05) is 44.2 Å². The SMILES string of the molecule is Cc1cccc(C(=O)CC2CCCCC2)c1F.